The van der Waals surface area contributed by atoms with Crippen molar-refractivity contribution < 1.29 is 23.1 Å². The Morgan fingerprint density at radius 1 is 1.08 bits per heavy atom. The van der Waals surface area contributed by atoms with Gasteiger partial charge in [0.2, 0.25) is 0 Å². The normalized spacial score (nSPS) is 18.8. The van der Waals surface area contributed by atoms with Gasteiger partial charge in [0.05, 0.1) is 28.6 Å². The van der Waals surface area contributed by atoms with Crippen molar-refractivity contribution in [1.29, 1.82) is 0 Å². The summed E-state index contributed by atoms with van der Waals surface area (Å²) < 4.78 is 33.0. The molecule has 0 radical (unpaired) electrons. The van der Waals surface area contributed by atoms with E-state index in [0.29, 0.717) is 36.0 Å². The lowest BCUT2D eigenvalue weighted by atomic mass is 9.97. The number of fused-ring (bicyclic) bond motifs is 1. The molecule has 0 aliphatic carbocycles. The van der Waals surface area contributed by atoms with Gasteiger partial charge in [0.25, 0.3) is 17.7 Å². The fourth-order valence-corrected chi connectivity index (χ4v) is 4.25. The van der Waals surface area contributed by atoms with Crippen molar-refractivity contribution in [3.8, 4) is 5.75 Å². The van der Waals surface area contributed by atoms with Gasteiger partial charge in [-0.15, -0.1) is 0 Å². The highest BCUT2D eigenvalue weighted by molar-refractivity contribution is 5.96. The lowest BCUT2D eigenvalue weighted by Gasteiger charge is -2.43. The molecule has 0 bridgehead atoms. The minimum Gasteiger partial charge on any atom is -0.487 e. The van der Waals surface area contributed by atoms with Crippen molar-refractivity contribution in [3.05, 3.63) is 41.9 Å². The molecule has 10 heteroatoms. The largest absolute Gasteiger partial charge is 0.487 e. The standard InChI is InChI=1S/C26H33F2N5O3/c1-24(2,3)15-31-22(34)17-10-19(14-29-12-17)33-21-20(36-16-25(33,4)5)11-18(13-30-21)23(35)32-8-6-26(27,28)7-9-32/h10-14H,6-9,15-16H2,1-5H3,(H,31,34). The number of alkyl halides is 2. The second kappa shape index (κ2) is 9.29. The monoisotopic (exact) mass is 501 g/mol. The summed E-state index contributed by atoms with van der Waals surface area (Å²) in [4.78, 5) is 37.9. The van der Waals surface area contributed by atoms with E-state index in [1.54, 1.807) is 18.3 Å². The van der Waals surface area contributed by atoms with Crippen LogP contribution in [0.3, 0.4) is 0 Å². The molecule has 1 saturated heterocycles. The third-order valence-corrected chi connectivity index (χ3v) is 6.28. The number of carbonyl (C=O) groups is 2. The third kappa shape index (κ3) is 5.57. The van der Waals surface area contributed by atoms with E-state index in [2.05, 4.69) is 15.3 Å². The third-order valence-electron chi connectivity index (χ3n) is 6.28. The Morgan fingerprint density at radius 2 is 1.78 bits per heavy atom. The molecule has 4 rings (SSSR count). The van der Waals surface area contributed by atoms with E-state index >= 15 is 0 Å². The summed E-state index contributed by atoms with van der Waals surface area (Å²) in [7, 11) is 0. The van der Waals surface area contributed by atoms with Gasteiger partial charge in [-0.1, -0.05) is 20.8 Å². The van der Waals surface area contributed by atoms with Crippen molar-refractivity contribution in [3.63, 3.8) is 0 Å². The first-order valence-corrected chi connectivity index (χ1v) is 12.1. The Kier molecular flexibility index (Phi) is 6.66. The fourth-order valence-electron chi connectivity index (χ4n) is 4.25. The van der Waals surface area contributed by atoms with E-state index < -0.39 is 11.5 Å². The summed E-state index contributed by atoms with van der Waals surface area (Å²) in [5.41, 5.74) is 0.797. The van der Waals surface area contributed by atoms with E-state index in [4.69, 9.17) is 4.74 Å². The number of pyridine rings is 2. The minimum absolute atomic E-state index is 0.00132. The molecule has 0 unspecified atom stereocenters. The second-order valence-corrected chi connectivity index (χ2v) is 11.3. The average molecular weight is 502 g/mol. The topological polar surface area (TPSA) is 87.7 Å². The second-order valence-electron chi connectivity index (χ2n) is 11.3. The Morgan fingerprint density at radius 3 is 2.44 bits per heavy atom. The zero-order valence-electron chi connectivity index (χ0n) is 21.4. The number of nitrogens with one attached hydrogen (secondary N) is 1. The zero-order chi connectivity index (χ0) is 26.3. The van der Waals surface area contributed by atoms with Gasteiger partial charge in [0.15, 0.2) is 11.6 Å². The van der Waals surface area contributed by atoms with E-state index in [1.807, 2.05) is 39.5 Å². The Labute approximate surface area is 210 Å². The van der Waals surface area contributed by atoms with Crippen molar-refractivity contribution >= 4 is 23.3 Å². The number of hydrogen-bond acceptors (Lipinski definition) is 6. The molecule has 0 saturated carbocycles. The summed E-state index contributed by atoms with van der Waals surface area (Å²) in [6.45, 7) is 10.9. The van der Waals surface area contributed by atoms with Gasteiger partial charge in [-0.3, -0.25) is 14.6 Å². The van der Waals surface area contributed by atoms with Gasteiger partial charge in [0, 0.05) is 44.9 Å². The van der Waals surface area contributed by atoms with Crippen LogP contribution < -0.4 is 15.0 Å². The number of piperidine rings is 1. The van der Waals surface area contributed by atoms with Crippen molar-refractivity contribution in [1.82, 2.24) is 20.2 Å². The molecule has 2 aliphatic rings. The molecule has 4 heterocycles. The SMILES string of the molecule is CC(C)(C)CNC(=O)c1cncc(N2c3ncc(C(=O)N4CCC(F)(F)CC4)cc3OCC2(C)C)c1. The van der Waals surface area contributed by atoms with Crippen LogP contribution in [0.5, 0.6) is 5.75 Å². The predicted molar refractivity (Wildman–Crippen MR) is 132 cm³/mol. The van der Waals surface area contributed by atoms with Crippen LogP contribution in [0, 0.1) is 5.41 Å². The van der Waals surface area contributed by atoms with Crippen LogP contribution in [0.1, 0.15) is 68.2 Å². The molecule has 1 N–H and O–H groups in total. The number of nitrogens with zero attached hydrogens (tertiary/aromatic N) is 4. The number of ether oxygens (including phenoxy) is 1. The van der Waals surface area contributed by atoms with Gasteiger partial charge < -0.3 is 19.9 Å². The molecular weight excluding hydrogens is 468 g/mol. The molecular formula is C26H33F2N5O3. The van der Waals surface area contributed by atoms with Crippen molar-refractivity contribution in [2.45, 2.75) is 58.9 Å². The first-order valence-electron chi connectivity index (χ1n) is 12.1. The van der Waals surface area contributed by atoms with E-state index in [0.717, 1.165) is 0 Å². The molecule has 8 nitrogen and oxygen atoms in total. The van der Waals surface area contributed by atoms with Crippen LogP contribution in [0.25, 0.3) is 0 Å². The first-order chi connectivity index (χ1) is 16.8. The number of aromatic nitrogens is 2. The van der Waals surface area contributed by atoms with Gasteiger partial charge in [-0.05, 0) is 31.4 Å². The van der Waals surface area contributed by atoms with E-state index in [9.17, 15) is 18.4 Å². The number of rotatable bonds is 4. The highest BCUT2D eigenvalue weighted by Gasteiger charge is 2.39. The summed E-state index contributed by atoms with van der Waals surface area (Å²) in [5.74, 6) is -2.40. The zero-order valence-corrected chi connectivity index (χ0v) is 21.4. The first kappa shape index (κ1) is 25.8. The number of anilines is 2. The van der Waals surface area contributed by atoms with Crippen molar-refractivity contribution in [2.75, 3.05) is 31.1 Å². The van der Waals surface area contributed by atoms with Crippen LogP contribution >= 0.6 is 0 Å². The number of likely N-dealkylation sites (tertiary alicyclic amines) is 1. The summed E-state index contributed by atoms with van der Waals surface area (Å²) in [6.07, 6.45) is 3.93. The molecule has 2 aliphatic heterocycles. The maximum Gasteiger partial charge on any atom is 0.255 e. The molecule has 1 fully saturated rings. The maximum absolute atomic E-state index is 13.5. The highest BCUT2D eigenvalue weighted by atomic mass is 19.3. The van der Waals surface area contributed by atoms with Gasteiger partial charge in [-0.25, -0.2) is 13.8 Å². The molecule has 0 spiro atoms. The number of amides is 2. The molecule has 194 valence electrons. The lowest BCUT2D eigenvalue weighted by molar-refractivity contribution is -0.0494. The minimum atomic E-state index is -2.73. The van der Waals surface area contributed by atoms with Gasteiger partial charge >= 0.3 is 0 Å². The Balaban J connectivity index is 1.60. The summed E-state index contributed by atoms with van der Waals surface area (Å²) >= 11 is 0. The smallest absolute Gasteiger partial charge is 0.255 e. The van der Waals surface area contributed by atoms with Crippen LogP contribution in [0.2, 0.25) is 0 Å². The molecule has 0 atom stereocenters. The van der Waals surface area contributed by atoms with E-state index in [1.165, 1.54) is 17.3 Å². The molecule has 2 amide bonds. The van der Waals surface area contributed by atoms with Crippen LogP contribution in [0.4, 0.5) is 20.3 Å². The van der Waals surface area contributed by atoms with Crippen LogP contribution in [-0.4, -0.2) is 64.4 Å². The number of hydrogen-bond donors (Lipinski definition) is 1. The van der Waals surface area contributed by atoms with Gasteiger partial charge in [-0.2, -0.15) is 0 Å². The maximum atomic E-state index is 13.5. The molecule has 2 aromatic rings. The quantitative estimate of drug-likeness (QED) is 0.667. The Hall–Kier alpha value is -3.30. The number of carbonyl (C=O) groups excluding carboxylic acids is 2. The Bertz CT molecular complexity index is 1150. The highest BCUT2D eigenvalue weighted by Crippen LogP contribution is 2.42. The summed E-state index contributed by atoms with van der Waals surface area (Å²) in [5, 5.41) is 2.94. The molecule has 2 aromatic heterocycles. The molecule has 36 heavy (non-hydrogen) atoms. The molecule has 0 aromatic carbocycles. The van der Waals surface area contributed by atoms with Crippen LogP contribution in [-0.2, 0) is 0 Å². The fraction of sp³-hybridized carbons (Fsp3) is 0.538. The predicted octanol–water partition coefficient (Wildman–Crippen LogP) is 4.43. The summed E-state index contributed by atoms with van der Waals surface area (Å²) in [6, 6.07) is 3.36. The average Bonchev–Trinajstić information content (AvgIpc) is 2.81. The van der Waals surface area contributed by atoms with Gasteiger partial charge in [0.1, 0.15) is 6.61 Å². The van der Waals surface area contributed by atoms with E-state index in [-0.39, 0.29) is 48.7 Å². The number of halogens is 2. The lowest BCUT2D eigenvalue weighted by Crippen LogP contribution is -2.49. The van der Waals surface area contributed by atoms with Crippen molar-refractivity contribution in [2.24, 2.45) is 5.41 Å². The van der Waals surface area contributed by atoms with Crippen LogP contribution in [0.15, 0.2) is 30.7 Å².